The molecule has 0 aromatic heterocycles. The smallest absolute Gasteiger partial charge is 0.170 e. The molecule has 0 aliphatic heterocycles. The second-order valence-electron chi connectivity index (χ2n) is 1.59. The first-order valence-electron chi connectivity index (χ1n) is 2.33. The second kappa shape index (κ2) is 2.28. The van der Waals surface area contributed by atoms with Gasteiger partial charge in [0.1, 0.15) is 0 Å². The quantitative estimate of drug-likeness (QED) is 0.391. The van der Waals surface area contributed by atoms with E-state index in [2.05, 4.69) is 0 Å². The highest BCUT2D eigenvalue weighted by Crippen LogP contribution is 2.10. The van der Waals surface area contributed by atoms with Gasteiger partial charge in [0.05, 0.1) is 6.07 Å². The molecule has 0 unspecified atom stereocenters. The van der Waals surface area contributed by atoms with Crippen LogP contribution in [-0.2, 0) is 0 Å². The van der Waals surface area contributed by atoms with Gasteiger partial charge in [-0.1, -0.05) is 0 Å². The fourth-order valence-electron chi connectivity index (χ4n) is 0.454. The Morgan fingerprint density at radius 2 is 1.30 bits per heavy atom. The number of halogens is 4. The first kappa shape index (κ1) is 7.05. The van der Waals surface area contributed by atoms with E-state index in [1.807, 2.05) is 0 Å². The van der Waals surface area contributed by atoms with E-state index in [1.54, 1.807) is 0 Å². The molecule has 0 saturated heterocycles. The molecule has 0 aliphatic carbocycles. The molecule has 1 aromatic rings. The van der Waals surface area contributed by atoms with E-state index >= 15 is 0 Å². The van der Waals surface area contributed by atoms with Crippen molar-refractivity contribution >= 4 is 0 Å². The van der Waals surface area contributed by atoms with Crippen LogP contribution in [0.15, 0.2) is 6.07 Å². The lowest BCUT2D eigenvalue weighted by Crippen LogP contribution is -1.90. The largest absolute Gasteiger partial charge is 0.204 e. The first-order chi connectivity index (χ1) is 4.61. The lowest BCUT2D eigenvalue weighted by molar-refractivity contribution is 0.451. The molecule has 0 atom stereocenters. The number of hydrogen-bond acceptors (Lipinski definition) is 0. The van der Waals surface area contributed by atoms with Crippen molar-refractivity contribution in [1.29, 1.82) is 0 Å². The van der Waals surface area contributed by atoms with E-state index in [9.17, 15) is 17.6 Å². The lowest BCUT2D eigenvalue weighted by Gasteiger charge is -1.91. The molecule has 0 aliphatic rings. The zero-order valence-corrected chi connectivity index (χ0v) is 4.59. The van der Waals surface area contributed by atoms with Gasteiger partial charge in [0.25, 0.3) is 0 Å². The van der Waals surface area contributed by atoms with Gasteiger partial charge >= 0.3 is 0 Å². The summed E-state index contributed by atoms with van der Waals surface area (Å²) in [6.45, 7) is 0. The van der Waals surface area contributed by atoms with Gasteiger partial charge in [-0.25, -0.2) is 17.6 Å². The summed E-state index contributed by atoms with van der Waals surface area (Å²) in [6, 6.07) is 1.35. The average molecular weight is 149 g/mol. The molecule has 0 saturated carbocycles. The molecule has 0 nitrogen and oxygen atoms in total. The summed E-state index contributed by atoms with van der Waals surface area (Å²) < 4.78 is 47.7. The molecular weight excluding hydrogens is 148 g/mol. The maximum Gasteiger partial charge on any atom is 0.170 e. The van der Waals surface area contributed by atoms with E-state index in [4.69, 9.17) is 0 Å². The van der Waals surface area contributed by atoms with Crippen LogP contribution in [-0.4, -0.2) is 0 Å². The van der Waals surface area contributed by atoms with Crippen molar-refractivity contribution in [2.24, 2.45) is 0 Å². The van der Waals surface area contributed by atoms with E-state index in [0.717, 1.165) is 0 Å². The summed E-state index contributed by atoms with van der Waals surface area (Å²) >= 11 is 0. The first-order valence-corrected chi connectivity index (χ1v) is 2.33. The molecule has 0 heterocycles. The monoisotopic (exact) mass is 149 g/mol. The van der Waals surface area contributed by atoms with Crippen LogP contribution >= 0.6 is 0 Å². The Balaban J connectivity index is 3.28. The van der Waals surface area contributed by atoms with Crippen LogP contribution in [0.2, 0.25) is 0 Å². The van der Waals surface area contributed by atoms with Crippen LogP contribution in [0.4, 0.5) is 17.6 Å². The third kappa shape index (κ3) is 1.10. The number of benzene rings is 1. The van der Waals surface area contributed by atoms with Crippen molar-refractivity contribution < 1.29 is 17.6 Å². The molecular formula is C6HF4. The Morgan fingerprint density at radius 1 is 0.900 bits per heavy atom. The molecule has 0 amide bonds. The van der Waals surface area contributed by atoms with E-state index in [1.165, 1.54) is 6.07 Å². The molecule has 0 fully saturated rings. The van der Waals surface area contributed by atoms with Gasteiger partial charge in [-0.2, -0.15) is 0 Å². The van der Waals surface area contributed by atoms with Gasteiger partial charge in [0.2, 0.25) is 0 Å². The Hall–Kier alpha value is -1.06. The van der Waals surface area contributed by atoms with Crippen molar-refractivity contribution in [3.63, 3.8) is 0 Å². The van der Waals surface area contributed by atoms with Crippen molar-refractivity contribution in [1.82, 2.24) is 0 Å². The molecule has 1 radical (unpaired) electrons. The van der Waals surface area contributed by atoms with E-state index in [-0.39, 0.29) is 6.07 Å². The van der Waals surface area contributed by atoms with Crippen LogP contribution < -0.4 is 0 Å². The Morgan fingerprint density at radius 3 is 1.60 bits per heavy atom. The maximum absolute atomic E-state index is 11.9. The molecule has 0 spiro atoms. The Labute approximate surface area is 54.1 Å². The Bertz CT molecular complexity index is 206. The second-order valence-corrected chi connectivity index (χ2v) is 1.59. The topological polar surface area (TPSA) is 0 Å². The number of rotatable bonds is 0. The molecule has 1 aromatic carbocycles. The SMILES string of the molecule is Fc1[c]c(F)c(F)cc1F. The molecule has 0 N–H and O–H groups in total. The fraction of sp³-hybridized carbons (Fsp3) is 0. The van der Waals surface area contributed by atoms with Gasteiger partial charge in [-0.3, -0.25) is 0 Å². The third-order valence-electron chi connectivity index (χ3n) is 0.892. The predicted octanol–water partition coefficient (Wildman–Crippen LogP) is 2.04. The normalized spacial score (nSPS) is 10.0. The summed E-state index contributed by atoms with van der Waals surface area (Å²) in [5.74, 6) is -5.92. The minimum absolute atomic E-state index is 0.126. The van der Waals surface area contributed by atoms with Crippen molar-refractivity contribution in [3.8, 4) is 0 Å². The minimum atomic E-state index is -1.51. The highest BCUT2D eigenvalue weighted by Gasteiger charge is 2.08. The summed E-state index contributed by atoms with van der Waals surface area (Å²) in [5.41, 5.74) is 0. The van der Waals surface area contributed by atoms with E-state index in [0.29, 0.717) is 0 Å². The van der Waals surface area contributed by atoms with E-state index < -0.39 is 23.3 Å². The zero-order valence-electron chi connectivity index (χ0n) is 4.59. The van der Waals surface area contributed by atoms with Crippen LogP contribution in [0, 0.1) is 29.3 Å². The highest BCUT2D eigenvalue weighted by atomic mass is 19.2. The Kier molecular flexibility index (Phi) is 1.61. The van der Waals surface area contributed by atoms with Gasteiger partial charge in [0, 0.05) is 6.07 Å². The minimum Gasteiger partial charge on any atom is -0.204 e. The van der Waals surface area contributed by atoms with Crippen LogP contribution in [0.5, 0.6) is 0 Å². The van der Waals surface area contributed by atoms with Crippen molar-refractivity contribution in [2.45, 2.75) is 0 Å². The predicted molar refractivity (Wildman–Crippen MR) is 25.1 cm³/mol. The maximum atomic E-state index is 11.9. The van der Waals surface area contributed by atoms with Gasteiger partial charge in [0.15, 0.2) is 23.3 Å². The third-order valence-corrected chi connectivity index (χ3v) is 0.892. The van der Waals surface area contributed by atoms with Crippen molar-refractivity contribution in [3.05, 3.63) is 35.4 Å². The van der Waals surface area contributed by atoms with Crippen molar-refractivity contribution in [2.75, 3.05) is 0 Å². The van der Waals surface area contributed by atoms with Gasteiger partial charge < -0.3 is 0 Å². The molecule has 10 heavy (non-hydrogen) atoms. The van der Waals surface area contributed by atoms with Gasteiger partial charge in [-0.05, 0) is 0 Å². The standard InChI is InChI=1S/C6HF4/c7-3-1-4(8)6(10)2-5(3)9/h1H. The van der Waals surface area contributed by atoms with Crippen LogP contribution in [0.1, 0.15) is 0 Å². The van der Waals surface area contributed by atoms with Crippen LogP contribution in [0.3, 0.4) is 0 Å². The number of hydrogen-bond donors (Lipinski definition) is 0. The summed E-state index contributed by atoms with van der Waals surface area (Å²) in [6.07, 6.45) is 0. The molecule has 0 bridgehead atoms. The molecule has 53 valence electrons. The molecule has 4 heteroatoms. The lowest BCUT2D eigenvalue weighted by atomic mass is 10.3. The molecule has 1 rings (SSSR count). The summed E-state index contributed by atoms with van der Waals surface area (Å²) in [7, 11) is 0. The highest BCUT2D eigenvalue weighted by molar-refractivity contribution is 5.08. The fourth-order valence-corrected chi connectivity index (χ4v) is 0.454. The summed E-state index contributed by atoms with van der Waals surface area (Å²) in [4.78, 5) is 0. The zero-order chi connectivity index (χ0) is 7.72. The average Bonchev–Trinajstić information content (AvgIpc) is 1.84. The van der Waals surface area contributed by atoms with Gasteiger partial charge in [-0.15, -0.1) is 0 Å². The van der Waals surface area contributed by atoms with Crippen LogP contribution in [0.25, 0.3) is 0 Å². The summed E-state index contributed by atoms with van der Waals surface area (Å²) in [5, 5.41) is 0.